The summed E-state index contributed by atoms with van der Waals surface area (Å²) < 4.78 is 5.32. The van der Waals surface area contributed by atoms with Crippen molar-refractivity contribution in [1.29, 1.82) is 0 Å². The lowest BCUT2D eigenvalue weighted by Gasteiger charge is -2.29. The van der Waals surface area contributed by atoms with Crippen LogP contribution in [0.25, 0.3) is 0 Å². The number of carbonyl (C=O) groups excluding carboxylic acids is 4. The summed E-state index contributed by atoms with van der Waals surface area (Å²) in [6.45, 7) is 8.87. The molecule has 0 N–H and O–H groups in total. The summed E-state index contributed by atoms with van der Waals surface area (Å²) in [5.74, 6) is -2.16. The van der Waals surface area contributed by atoms with E-state index in [1.54, 1.807) is 46.8 Å². The zero-order valence-corrected chi connectivity index (χ0v) is 16.1. The predicted molar refractivity (Wildman–Crippen MR) is 95.7 cm³/mol. The van der Waals surface area contributed by atoms with E-state index in [0.717, 1.165) is 0 Å². The monoisotopic (exact) mass is 376 g/mol. The minimum Gasteiger partial charge on any atom is -0.444 e. The van der Waals surface area contributed by atoms with Crippen LogP contribution in [-0.2, 0) is 14.4 Å². The number of ether oxygens (including phenoxy) is 1. The number of hydrogen-bond donors (Lipinski definition) is 0. The minimum absolute atomic E-state index is 0.0363. The first-order valence-corrected chi connectivity index (χ1v) is 8.69. The van der Waals surface area contributed by atoms with E-state index in [-0.39, 0.29) is 30.1 Å². The molecule has 8 heteroatoms. The molecule has 0 saturated carbocycles. The fourth-order valence-electron chi connectivity index (χ4n) is 2.49. The molecule has 1 aromatic carbocycles. The maximum atomic E-state index is 12.2. The Hall–Kier alpha value is -2.90. The molecule has 27 heavy (non-hydrogen) atoms. The largest absolute Gasteiger partial charge is 0.444 e. The Labute approximate surface area is 158 Å². The number of hydroxylamine groups is 2. The highest BCUT2D eigenvalue weighted by molar-refractivity contribution is 6.20. The predicted octanol–water partition coefficient (Wildman–Crippen LogP) is 2.78. The molecule has 0 bridgehead atoms. The number of benzene rings is 1. The van der Waals surface area contributed by atoms with Crippen molar-refractivity contribution in [3.8, 4) is 0 Å². The summed E-state index contributed by atoms with van der Waals surface area (Å²) in [4.78, 5) is 55.1. The average molecular weight is 376 g/mol. The standard InChI is InChI=1S/C19H24N2O6/c1-12(2)20(18(25)26-19(3,4)5)11-10-15(22)27-21-16(23)13-8-6-7-9-14(13)17(21)24/h6-9,12H,10-11H2,1-5H3. The van der Waals surface area contributed by atoms with Gasteiger partial charge in [-0.25, -0.2) is 9.59 Å². The van der Waals surface area contributed by atoms with Gasteiger partial charge in [-0.15, -0.1) is 0 Å². The highest BCUT2D eigenvalue weighted by Crippen LogP contribution is 2.23. The van der Waals surface area contributed by atoms with Crippen LogP contribution in [0.2, 0.25) is 0 Å². The summed E-state index contributed by atoms with van der Waals surface area (Å²) >= 11 is 0. The Balaban J connectivity index is 1.96. The summed E-state index contributed by atoms with van der Waals surface area (Å²) in [5.41, 5.74) is -0.286. The zero-order chi connectivity index (χ0) is 20.4. The maximum Gasteiger partial charge on any atom is 0.410 e. The van der Waals surface area contributed by atoms with Gasteiger partial charge in [0.1, 0.15) is 5.60 Å². The van der Waals surface area contributed by atoms with Gasteiger partial charge in [0.15, 0.2) is 0 Å². The lowest BCUT2D eigenvalue weighted by molar-refractivity contribution is -0.168. The molecule has 1 aromatic rings. The van der Waals surface area contributed by atoms with Gasteiger partial charge in [0.05, 0.1) is 17.5 Å². The van der Waals surface area contributed by atoms with Gasteiger partial charge in [0.2, 0.25) is 0 Å². The van der Waals surface area contributed by atoms with Crippen molar-refractivity contribution >= 4 is 23.9 Å². The highest BCUT2D eigenvalue weighted by atomic mass is 16.7. The quantitative estimate of drug-likeness (QED) is 0.734. The molecule has 0 spiro atoms. The van der Waals surface area contributed by atoms with E-state index in [9.17, 15) is 19.2 Å². The molecule has 0 atom stereocenters. The number of hydrogen-bond acceptors (Lipinski definition) is 6. The number of fused-ring (bicyclic) bond motifs is 1. The van der Waals surface area contributed by atoms with Crippen molar-refractivity contribution in [2.45, 2.75) is 52.7 Å². The third-order valence-electron chi connectivity index (χ3n) is 3.76. The van der Waals surface area contributed by atoms with Crippen molar-refractivity contribution in [3.05, 3.63) is 35.4 Å². The molecule has 3 amide bonds. The van der Waals surface area contributed by atoms with E-state index >= 15 is 0 Å². The second-order valence-corrected chi connectivity index (χ2v) is 7.43. The average Bonchev–Trinajstić information content (AvgIpc) is 2.78. The molecule has 1 aliphatic heterocycles. The lowest BCUT2D eigenvalue weighted by Crippen LogP contribution is -2.42. The van der Waals surface area contributed by atoms with Crippen molar-refractivity contribution in [1.82, 2.24) is 9.96 Å². The van der Waals surface area contributed by atoms with Gasteiger partial charge in [0, 0.05) is 12.6 Å². The van der Waals surface area contributed by atoms with Gasteiger partial charge in [-0.3, -0.25) is 9.59 Å². The molecule has 8 nitrogen and oxygen atoms in total. The number of amides is 3. The van der Waals surface area contributed by atoms with Crippen LogP contribution < -0.4 is 0 Å². The van der Waals surface area contributed by atoms with Crippen LogP contribution in [0.15, 0.2) is 24.3 Å². The molecule has 0 saturated heterocycles. The van der Waals surface area contributed by atoms with Crippen LogP contribution in [-0.4, -0.2) is 52.0 Å². The van der Waals surface area contributed by atoms with Crippen LogP contribution in [0, 0.1) is 0 Å². The van der Waals surface area contributed by atoms with E-state index in [1.807, 2.05) is 0 Å². The second kappa shape index (κ2) is 7.77. The Morgan fingerprint density at radius 1 is 1.07 bits per heavy atom. The SMILES string of the molecule is CC(C)N(CCC(=O)ON1C(=O)c2ccccc2C1=O)C(=O)OC(C)(C)C. The van der Waals surface area contributed by atoms with Crippen molar-refractivity contribution in [3.63, 3.8) is 0 Å². The van der Waals surface area contributed by atoms with Crippen molar-refractivity contribution in [2.75, 3.05) is 6.54 Å². The van der Waals surface area contributed by atoms with Crippen molar-refractivity contribution < 1.29 is 28.8 Å². The van der Waals surface area contributed by atoms with Gasteiger partial charge < -0.3 is 14.5 Å². The normalized spacial score (nSPS) is 13.6. The van der Waals surface area contributed by atoms with Crippen LogP contribution in [0.1, 0.15) is 61.8 Å². The minimum atomic E-state index is -0.793. The highest BCUT2D eigenvalue weighted by Gasteiger charge is 2.38. The molecule has 0 aromatic heterocycles. The van der Waals surface area contributed by atoms with E-state index in [4.69, 9.17) is 9.57 Å². The van der Waals surface area contributed by atoms with E-state index in [0.29, 0.717) is 5.06 Å². The Bertz CT molecular complexity index is 731. The van der Waals surface area contributed by atoms with E-state index < -0.39 is 29.5 Å². The summed E-state index contributed by atoms with van der Waals surface area (Å²) in [7, 11) is 0. The third kappa shape index (κ3) is 4.84. The first-order chi connectivity index (χ1) is 12.5. The second-order valence-electron chi connectivity index (χ2n) is 7.43. The molecule has 0 radical (unpaired) electrons. The molecule has 0 aliphatic carbocycles. The fourth-order valence-corrected chi connectivity index (χ4v) is 2.49. The molecule has 0 unspecified atom stereocenters. The molecule has 1 aliphatic rings. The molecule has 2 rings (SSSR count). The summed E-state index contributed by atoms with van der Waals surface area (Å²) in [6, 6.07) is 6.03. The number of nitrogens with zero attached hydrogens (tertiary/aromatic N) is 2. The number of rotatable bonds is 5. The van der Waals surface area contributed by atoms with Gasteiger partial charge in [-0.05, 0) is 46.8 Å². The molecular weight excluding hydrogens is 352 g/mol. The lowest BCUT2D eigenvalue weighted by atomic mass is 10.1. The van der Waals surface area contributed by atoms with Gasteiger partial charge in [-0.1, -0.05) is 17.2 Å². The molecular formula is C19H24N2O6. The Morgan fingerprint density at radius 2 is 1.59 bits per heavy atom. The van der Waals surface area contributed by atoms with Crippen LogP contribution in [0.3, 0.4) is 0 Å². The van der Waals surface area contributed by atoms with Crippen molar-refractivity contribution in [2.24, 2.45) is 0 Å². The van der Waals surface area contributed by atoms with E-state index in [1.165, 1.54) is 17.0 Å². The molecule has 146 valence electrons. The first-order valence-electron chi connectivity index (χ1n) is 8.69. The smallest absolute Gasteiger partial charge is 0.410 e. The number of imide groups is 1. The van der Waals surface area contributed by atoms with Crippen LogP contribution >= 0.6 is 0 Å². The molecule has 0 fully saturated rings. The van der Waals surface area contributed by atoms with Gasteiger partial charge >= 0.3 is 12.1 Å². The third-order valence-corrected chi connectivity index (χ3v) is 3.76. The Morgan fingerprint density at radius 3 is 2.04 bits per heavy atom. The number of carbonyl (C=O) groups is 4. The Kier molecular flexibility index (Phi) is 5.88. The van der Waals surface area contributed by atoms with Crippen LogP contribution in [0.4, 0.5) is 4.79 Å². The fraction of sp³-hybridized carbons (Fsp3) is 0.474. The summed E-state index contributed by atoms with van der Waals surface area (Å²) in [5, 5.41) is 0.459. The van der Waals surface area contributed by atoms with Crippen LogP contribution in [0.5, 0.6) is 0 Å². The van der Waals surface area contributed by atoms with Gasteiger partial charge in [0.25, 0.3) is 11.8 Å². The topological polar surface area (TPSA) is 93.2 Å². The summed E-state index contributed by atoms with van der Waals surface area (Å²) in [6.07, 6.45) is -0.740. The molecule has 1 heterocycles. The maximum absolute atomic E-state index is 12.2. The van der Waals surface area contributed by atoms with E-state index in [2.05, 4.69) is 0 Å². The zero-order valence-electron chi connectivity index (χ0n) is 16.1. The first kappa shape index (κ1) is 20.4. The van der Waals surface area contributed by atoms with Gasteiger partial charge in [-0.2, -0.15) is 0 Å².